The Bertz CT molecular complexity index is 1560. The fourth-order valence-electron chi connectivity index (χ4n) is 5.69. The van der Waals surface area contributed by atoms with E-state index >= 15 is 0 Å². The first-order valence-electron chi connectivity index (χ1n) is 14.0. The second-order valence-electron chi connectivity index (χ2n) is 11.1. The number of aryl methyl sites for hydroxylation is 1. The molecule has 4 heterocycles. The molecule has 40 heavy (non-hydrogen) atoms. The van der Waals surface area contributed by atoms with Crippen molar-refractivity contribution in [2.75, 3.05) is 39.4 Å². The molecule has 2 aromatic heterocycles. The number of hydrogen-bond donors (Lipinski definition) is 1. The van der Waals surface area contributed by atoms with Gasteiger partial charge in [0.1, 0.15) is 0 Å². The highest BCUT2D eigenvalue weighted by atomic mass is 35.5. The van der Waals surface area contributed by atoms with Crippen molar-refractivity contribution in [2.45, 2.75) is 32.7 Å². The van der Waals surface area contributed by atoms with Crippen LogP contribution in [0.15, 0.2) is 65.6 Å². The zero-order valence-electron chi connectivity index (χ0n) is 22.7. The molecule has 0 unspecified atom stereocenters. The van der Waals surface area contributed by atoms with Crippen molar-refractivity contribution in [3.05, 3.63) is 81.7 Å². The third-order valence-corrected chi connectivity index (χ3v) is 8.19. The predicted molar refractivity (Wildman–Crippen MR) is 157 cm³/mol. The van der Waals surface area contributed by atoms with E-state index in [0.717, 1.165) is 81.2 Å². The Labute approximate surface area is 238 Å². The summed E-state index contributed by atoms with van der Waals surface area (Å²) < 4.78 is 9.05. The summed E-state index contributed by atoms with van der Waals surface area (Å²) in [6, 6.07) is 16.6. The Balaban J connectivity index is 1.22. The number of carbonyl (C=O) groups is 1. The number of fused-ring (bicyclic) bond motifs is 1. The first kappa shape index (κ1) is 26.7. The number of rotatable bonds is 10. The summed E-state index contributed by atoms with van der Waals surface area (Å²) in [5.41, 5.74) is 4.12. The molecule has 2 fully saturated rings. The SMILES string of the molecule is CCCCCn1c(-c2ccc(C(=O)NCCN3CC4(COC4)C3)cc2)cc(=O)n2cc(-c3ccc(Cl)cc3)nc12. The molecule has 8 nitrogen and oxygen atoms in total. The summed E-state index contributed by atoms with van der Waals surface area (Å²) in [5.74, 6) is 0.511. The van der Waals surface area contributed by atoms with Crippen molar-refractivity contribution < 1.29 is 9.53 Å². The predicted octanol–water partition coefficient (Wildman–Crippen LogP) is 4.74. The normalized spacial score (nSPS) is 16.1. The van der Waals surface area contributed by atoms with Crippen molar-refractivity contribution >= 4 is 23.3 Å². The number of halogens is 1. The number of hydrogen-bond acceptors (Lipinski definition) is 5. The van der Waals surface area contributed by atoms with Gasteiger partial charge in [-0.05, 0) is 36.2 Å². The van der Waals surface area contributed by atoms with E-state index in [2.05, 4.69) is 21.7 Å². The van der Waals surface area contributed by atoms with E-state index in [1.165, 1.54) is 0 Å². The maximum atomic E-state index is 13.2. The van der Waals surface area contributed by atoms with Crippen LogP contribution in [0.25, 0.3) is 28.3 Å². The number of ether oxygens (including phenoxy) is 1. The molecular formula is C31H34ClN5O3. The van der Waals surface area contributed by atoms with E-state index < -0.39 is 0 Å². The molecule has 0 radical (unpaired) electrons. The van der Waals surface area contributed by atoms with Gasteiger partial charge in [0.25, 0.3) is 11.5 Å². The summed E-state index contributed by atoms with van der Waals surface area (Å²) in [7, 11) is 0. The van der Waals surface area contributed by atoms with Crippen LogP contribution >= 0.6 is 11.6 Å². The van der Waals surface area contributed by atoms with E-state index in [1.54, 1.807) is 16.7 Å². The van der Waals surface area contributed by atoms with Crippen molar-refractivity contribution in [2.24, 2.45) is 5.41 Å². The molecule has 9 heteroatoms. The quantitative estimate of drug-likeness (QED) is 0.284. The van der Waals surface area contributed by atoms with Gasteiger partial charge in [0.05, 0.1) is 24.6 Å². The molecular weight excluding hydrogens is 526 g/mol. The Kier molecular flexibility index (Phi) is 7.49. The van der Waals surface area contributed by atoms with Crippen molar-refractivity contribution in [3.63, 3.8) is 0 Å². The maximum absolute atomic E-state index is 13.2. The Hall–Kier alpha value is -3.46. The number of aromatic nitrogens is 3. The van der Waals surface area contributed by atoms with Gasteiger partial charge >= 0.3 is 0 Å². The van der Waals surface area contributed by atoms with Crippen molar-refractivity contribution in [3.8, 4) is 22.5 Å². The number of nitrogens with zero attached hydrogens (tertiary/aromatic N) is 4. The molecule has 6 rings (SSSR count). The Morgan fingerprint density at radius 1 is 1.02 bits per heavy atom. The Morgan fingerprint density at radius 2 is 1.75 bits per heavy atom. The molecule has 1 spiro atoms. The average Bonchev–Trinajstić information content (AvgIpc) is 3.37. The summed E-state index contributed by atoms with van der Waals surface area (Å²) in [6.45, 7) is 8.20. The van der Waals surface area contributed by atoms with Crippen LogP contribution in [0.2, 0.25) is 5.02 Å². The second kappa shape index (κ2) is 11.2. The molecule has 2 aliphatic heterocycles. The number of unbranched alkanes of at least 4 members (excludes halogenated alkanes) is 2. The zero-order chi connectivity index (χ0) is 27.7. The Morgan fingerprint density at radius 3 is 2.42 bits per heavy atom. The van der Waals surface area contributed by atoms with Gasteiger partial charge in [0.15, 0.2) is 0 Å². The van der Waals surface area contributed by atoms with Gasteiger partial charge in [0, 0.05) is 66.6 Å². The van der Waals surface area contributed by atoms with Gasteiger partial charge in [-0.3, -0.25) is 14.0 Å². The lowest BCUT2D eigenvalue weighted by Crippen LogP contribution is -2.66. The van der Waals surface area contributed by atoms with E-state index in [1.807, 2.05) is 48.5 Å². The number of carbonyl (C=O) groups excluding carboxylic acids is 1. The van der Waals surface area contributed by atoms with Crippen LogP contribution in [-0.4, -0.2) is 64.2 Å². The van der Waals surface area contributed by atoms with Gasteiger partial charge in [-0.15, -0.1) is 0 Å². The molecule has 1 N–H and O–H groups in total. The maximum Gasteiger partial charge on any atom is 0.259 e. The fraction of sp³-hybridized carbons (Fsp3) is 0.387. The van der Waals surface area contributed by atoms with E-state index in [4.69, 9.17) is 21.3 Å². The van der Waals surface area contributed by atoms with Gasteiger partial charge in [-0.25, -0.2) is 4.98 Å². The highest BCUT2D eigenvalue weighted by Crippen LogP contribution is 2.37. The van der Waals surface area contributed by atoms with Crippen LogP contribution < -0.4 is 10.9 Å². The summed E-state index contributed by atoms with van der Waals surface area (Å²) in [5, 5.41) is 3.69. The van der Waals surface area contributed by atoms with Crippen LogP contribution in [0.1, 0.15) is 36.5 Å². The van der Waals surface area contributed by atoms with Gasteiger partial charge < -0.3 is 19.5 Å². The molecule has 2 aliphatic rings. The first-order chi connectivity index (χ1) is 19.4. The van der Waals surface area contributed by atoms with Crippen molar-refractivity contribution in [1.82, 2.24) is 24.2 Å². The highest BCUT2D eigenvalue weighted by Gasteiger charge is 2.48. The molecule has 0 bridgehead atoms. The lowest BCUT2D eigenvalue weighted by Gasteiger charge is -2.55. The number of nitrogens with one attached hydrogen (secondary N) is 1. The minimum atomic E-state index is -0.146. The van der Waals surface area contributed by atoms with Crippen LogP contribution in [0.4, 0.5) is 0 Å². The van der Waals surface area contributed by atoms with E-state index in [0.29, 0.717) is 28.3 Å². The van der Waals surface area contributed by atoms with Crippen LogP contribution in [0, 0.1) is 5.41 Å². The van der Waals surface area contributed by atoms with Crippen molar-refractivity contribution in [1.29, 1.82) is 0 Å². The molecule has 208 valence electrons. The highest BCUT2D eigenvalue weighted by molar-refractivity contribution is 6.30. The summed E-state index contributed by atoms with van der Waals surface area (Å²) in [4.78, 5) is 33.2. The third-order valence-electron chi connectivity index (χ3n) is 7.93. The topological polar surface area (TPSA) is 80.9 Å². The largest absolute Gasteiger partial charge is 0.380 e. The van der Waals surface area contributed by atoms with Gasteiger partial charge in [0.2, 0.25) is 5.78 Å². The van der Waals surface area contributed by atoms with Crippen LogP contribution in [0.5, 0.6) is 0 Å². The smallest absolute Gasteiger partial charge is 0.259 e. The average molecular weight is 560 g/mol. The summed E-state index contributed by atoms with van der Waals surface area (Å²) >= 11 is 6.07. The van der Waals surface area contributed by atoms with Gasteiger partial charge in [-0.1, -0.05) is 55.6 Å². The minimum Gasteiger partial charge on any atom is -0.380 e. The molecule has 2 aromatic carbocycles. The zero-order valence-corrected chi connectivity index (χ0v) is 23.5. The number of benzene rings is 2. The lowest BCUT2D eigenvalue weighted by molar-refractivity contribution is -0.188. The van der Waals surface area contributed by atoms with Crippen LogP contribution in [0.3, 0.4) is 0 Å². The van der Waals surface area contributed by atoms with E-state index in [9.17, 15) is 9.59 Å². The molecule has 4 aromatic rings. The second-order valence-corrected chi connectivity index (χ2v) is 11.5. The monoisotopic (exact) mass is 559 g/mol. The minimum absolute atomic E-state index is 0.0922. The van der Waals surface area contributed by atoms with E-state index in [-0.39, 0.29) is 11.5 Å². The third kappa shape index (κ3) is 5.31. The van der Waals surface area contributed by atoms with Gasteiger partial charge in [-0.2, -0.15) is 0 Å². The molecule has 1 amide bonds. The number of amides is 1. The number of imidazole rings is 1. The summed E-state index contributed by atoms with van der Waals surface area (Å²) in [6.07, 6.45) is 4.92. The lowest BCUT2D eigenvalue weighted by atomic mass is 9.78. The molecule has 0 aliphatic carbocycles. The standard InChI is InChI=1S/C31H34ClN5O3/c1-2-3-4-14-36-27(16-28(38)37-17-26(34-30(36)37)22-9-11-25(32)12-10-22)23-5-7-24(8-6-23)29(39)33-13-15-35-18-31(19-35)20-40-21-31/h5-12,16-17H,2-4,13-15,18-21H2,1H3,(H,33,39). The molecule has 0 atom stereocenters. The van der Waals surface area contributed by atoms with Crippen LogP contribution in [-0.2, 0) is 11.3 Å². The fourth-order valence-corrected chi connectivity index (χ4v) is 5.82. The molecule has 2 saturated heterocycles. The first-order valence-corrected chi connectivity index (χ1v) is 14.4. The number of likely N-dealkylation sites (tertiary alicyclic amines) is 1. The molecule has 0 saturated carbocycles.